The molecular weight excluding hydrogens is 403 g/mol. The summed E-state index contributed by atoms with van der Waals surface area (Å²) in [6.07, 6.45) is -4.92. The van der Waals surface area contributed by atoms with Gasteiger partial charge in [-0.2, -0.15) is 0 Å². The molecule has 0 aliphatic heterocycles. The lowest BCUT2D eigenvalue weighted by molar-refractivity contribution is -0.274. The Bertz CT molecular complexity index is 989. The first-order chi connectivity index (χ1) is 12.9. The summed E-state index contributed by atoms with van der Waals surface area (Å²) in [5.41, 5.74) is -0.821. The fourth-order valence-corrected chi connectivity index (χ4v) is 3.05. The molecule has 28 heavy (non-hydrogen) atoms. The van der Waals surface area contributed by atoms with Crippen molar-refractivity contribution in [3.8, 4) is 28.4 Å². The SMILES string of the molecule is CCCC(=O)Oc1c(S(N)(=O)=O)ccc(OC(F)(F)F)c1-c1ccccc1O. The highest BCUT2D eigenvalue weighted by molar-refractivity contribution is 7.89. The average molecular weight is 419 g/mol. The number of hydrogen-bond donors (Lipinski definition) is 2. The van der Waals surface area contributed by atoms with Crippen molar-refractivity contribution in [3.63, 3.8) is 0 Å². The van der Waals surface area contributed by atoms with E-state index in [-0.39, 0.29) is 12.0 Å². The zero-order chi connectivity index (χ0) is 21.1. The Balaban J connectivity index is 2.87. The van der Waals surface area contributed by atoms with Crippen molar-refractivity contribution in [2.24, 2.45) is 5.14 Å². The number of halogens is 3. The molecule has 0 atom stereocenters. The van der Waals surface area contributed by atoms with Crippen LogP contribution in [-0.2, 0) is 14.8 Å². The predicted molar refractivity (Wildman–Crippen MR) is 92.1 cm³/mol. The van der Waals surface area contributed by atoms with E-state index in [4.69, 9.17) is 9.88 Å². The molecular formula is C17H16F3NO6S. The van der Waals surface area contributed by atoms with Crippen LogP contribution < -0.4 is 14.6 Å². The van der Waals surface area contributed by atoms with E-state index in [1.807, 2.05) is 0 Å². The van der Waals surface area contributed by atoms with E-state index in [1.165, 1.54) is 18.2 Å². The van der Waals surface area contributed by atoms with Crippen molar-refractivity contribution in [2.45, 2.75) is 31.0 Å². The highest BCUT2D eigenvalue weighted by atomic mass is 32.2. The van der Waals surface area contributed by atoms with E-state index in [2.05, 4.69) is 4.74 Å². The van der Waals surface area contributed by atoms with Crippen molar-refractivity contribution in [1.82, 2.24) is 0 Å². The van der Waals surface area contributed by atoms with E-state index in [9.17, 15) is 31.5 Å². The Hall–Kier alpha value is -2.79. The summed E-state index contributed by atoms with van der Waals surface area (Å²) in [6, 6.07) is 6.59. The zero-order valence-electron chi connectivity index (χ0n) is 14.5. The van der Waals surface area contributed by atoms with Crippen molar-refractivity contribution in [1.29, 1.82) is 0 Å². The second-order valence-corrected chi connectivity index (χ2v) is 7.13. The summed E-state index contributed by atoms with van der Waals surface area (Å²) >= 11 is 0. The van der Waals surface area contributed by atoms with Gasteiger partial charge in [0.15, 0.2) is 5.75 Å². The van der Waals surface area contributed by atoms with Gasteiger partial charge in [-0.05, 0) is 24.6 Å². The maximum absolute atomic E-state index is 12.9. The number of benzene rings is 2. The number of para-hydroxylation sites is 1. The molecule has 2 aromatic carbocycles. The number of esters is 1. The molecule has 0 aliphatic carbocycles. The third kappa shape index (κ3) is 5.14. The van der Waals surface area contributed by atoms with Crippen molar-refractivity contribution >= 4 is 16.0 Å². The van der Waals surface area contributed by atoms with Crippen LogP contribution in [0.4, 0.5) is 13.2 Å². The number of ether oxygens (including phenoxy) is 2. The molecule has 3 N–H and O–H groups in total. The van der Waals surface area contributed by atoms with Gasteiger partial charge in [-0.25, -0.2) is 13.6 Å². The Morgan fingerprint density at radius 2 is 1.82 bits per heavy atom. The number of phenolic OH excluding ortho intramolecular Hbond substituents is 1. The number of sulfonamides is 1. The number of nitrogens with two attached hydrogens (primary N) is 1. The molecule has 0 radical (unpaired) electrons. The van der Waals surface area contributed by atoms with Gasteiger partial charge in [0.2, 0.25) is 10.0 Å². The average Bonchev–Trinajstić information content (AvgIpc) is 2.54. The Labute approximate surface area is 158 Å². The van der Waals surface area contributed by atoms with Gasteiger partial charge in [0.25, 0.3) is 0 Å². The summed E-state index contributed by atoms with van der Waals surface area (Å²) in [6.45, 7) is 1.65. The topological polar surface area (TPSA) is 116 Å². The molecule has 2 aromatic rings. The van der Waals surface area contributed by atoms with Crippen molar-refractivity contribution in [3.05, 3.63) is 36.4 Å². The third-order valence-electron chi connectivity index (χ3n) is 3.46. The molecule has 0 aromatic heterocycles. The minimum atomic E-state index is -5.13. The van der Waals surface area contributed by atoms with Crippen LogP contribution in [0.15, 0.2) is 41.3 Å². The largest absolute Gasteiger partial charge is 0.573 e. The summed E-state index contributed by atoms with van der Waals surface area (Å²) in [5.74, 6) is -3.02. The van der Waals surface area contributed by atoms with Gasteiger partial charge in [-0.3, -0.25) is 4.79 Å². The number of aromatic hydroxyl groups is 1. The molecule has 2 rings (SSSR count). The molecule has 0 heterocycles. The Kier molecular flexibility index (Phi) is 6.20. The van der Waals surface area contributed by atoms with E-state index in [0.717, 1.165) is 12.1 Å². The molecule has 0 bridgehead atoms. The summed E-state index contributed by atoms with van der Waals surface area (Å²) < 4.78 is 71.4. The number of rotatable bonds is 6. The second kappa shape index (κ2) is 8.07. The lowest BCUT2D eigenvalue weighted by atomic mass is 10.0. The van der Waals surface area contributed by atoms with Gasteiger partial charge >= 0.3 is 12.3 Å². The van der Waals surface area contributed by atoms with Gasteiger partial charge in [0.05, 0.1) is 5.56 Å². The first kappa shape index (κ1) is 21.5. The number of alkyl halides is 3. The number of phenols is 1. The number of hydrogen-bond acceptors (Lipinski definition) is 6. The third-order valence-corrected chi connectivity index (χ3v) is 4.39. The van der Waals surface area contributed by atoms with Crippen LogP contribution in [0.5, 0.6) is 17.2 Å². The molecule has 0 fully saturated rings. The molecule has 152 valence electrons. The molecule has 0 saturated heterocycles. The van der Waals surface area contributed by atoms with E-state index >= 15 is 0 Å². The van der Waals surface area contributed by atoms with Crippen LogP contribution in [0, 0.1) is 0 Å². The van der Waals surface area contributed by atoms with Gasteiger partial charge in [-0.1, -0.05) is 25.1 Å². The lowest BCUT2D eigenvalue weighted by Gasteiger charge is -2.19. The first-order valence-electron chi connectivity index (χ1n) is 7.88. The van der Waals surface area contributed by atoms with Gasteiger partial charge in [0, 0.05) is 12.0 Å². The smallest absolute Gasteiger partial charge is 0.507 e. The maximum atomic E-state index is 12.9. The zero-order valence-corrected chi connectivity index (χ0v) is 15.3. The van der Waals surface area contributed by atoms with Gasteiger partial charge in [-0.15, -0.1) is 13.2 Å². The summed E-state index contributed by atoms with van der Waals surface area (Å²) in [5, 5.41) is 15.2. The van der Waals surface area contributed by atoms with Gasteiger partial charge in [0.1, 0.15) is 16.4 Å². The molecule has 0 aliphatic rings. The normalized spacial score (nSPS) is 11.9. The Morgan fingerprint density at radius 1 is 1.18 bits per heavy atom. The van der Waals surface area contributed by atoms with Crippen LogP contribution in [-0.4, -0.2) is 25.9 Å². The quantitative estimate of drug-likeness (QED) is 0.548. The monoisotopic (exact) mass is 419 g/mol. The molecule has 11 heteroatoms. The summed E-state index contributed by atoms with van der Waals surface area (Å²) in [4.78, 5) is 11.2. The van der Waals surface area contributed by atoms with E-state index in [0.29, 0.717) is 12.5 Å². The first-order valence-corrected chi connectivity index (χ1v) is 9.43. The van der Waals surface area contributed by atoms with Crippen molar-refractivity contribution in [2.75, 3.05) is 0 Å². The van der Waals surface area contributed by atoms with E-state index < -0.39 is 50.1 Å². The van der Waals surface area contributed by atoms with Crippen LogP contribution in [0.2, 0.25) is 0 Å². The van der Waals surface area contributed by atoms with Crippen LogP contribution >= 0.6 is 0 Å². The highest BCUT2D eigenvalue weighted by Crippen LogP contribution is 2.46. The molecule has 7 nitrogen and oxygen atoms in total. The lowest BCUT2D eigenvalue weighted by Crippen LogP contribution is -2.20. The fraction of sp³-hybridized carbons (Fsp3) is 0.235. The minimum Gasteiger partial charge on any atom is -0.507 e. The number of carbonyl (C=O) groups is 1. The van der Waals surface area contributed by atoms with Crippen LogP contribution in [0.25, 0.3) is 11.1 Å². The highest BCUT2D eigenvalue weighted by Gasteiger charge is 2.35. The molecule has 0 spiro atoms. The standard InChI is InChI=1S/C17H16F3NO6S/c1-2-5-14(23)26-16-13(28(21,24)25)9-8-12(27-17(18,19)20)15(16)10-6-3-4-7-11(10)22/h3-4,6-9,22H,2,5H2,1H3,(H2,21,24,25). The van der Waals surface area contributed by atoms with Gasteiger partial charge < -0.3 is 14.6 Å². The molecule has 0 amide bonds. The minimum absolute atomic E-state index is 0.130. The number of carbonyl (C=O) groups excluding carboxylic acids is 1. The Morgan fingerprint density at radius 3 is 2.36 bits per heavy atom. The molecule has 0 unspecified atom stereocenters. The molecule has 0 saturated carbocycles. The maximum Gasteiger partial charge on any atom is 0.573 e. The number of primary sulfonamides is 1. The summed E-state index contributed by atoms with van der Waals surface area (Å²) in [7, 11) is -4.49. The van der Waals surface area contributed by atoms with Crippen LogP contribution in [0.3, 0.4) is 0 Å². The predicted octanol–water partition coefficient (Wildman–Crippen LogP) is 3.31. The van der Waals surface area contributed by atoms with Crippen molar-refractivity contribution < 1.29 is 41.0 Å². The van der Waals surface area contributed by atoms with E-state index in [1.54, 1.807) is 6.92 Å². The fourth-order valence-electron chi connectivity index (χ4n) is 2.39. The second-order valence-electron chi connectivity index (χ2n) is 5.60. The van der Waals surface area contributed by atoms with Crippen LogP contribution in [0.1, 0.15) is 19.8 Å².